The molecule has 1 aliphatic heterocycles. The molecule has 0 aromatic heterocycles. The van der Waals surface area contributed by atoms with E-state index in [9.17, 15) is 0 Å². The lowest BCUT2D eigenvalue weighted by atomic mass is 10.0. The quantitative estimate of drug-likeness (QED) is 0.670. The Labute approximate surface area is 124 Å². The zero-order chi connectivity index (χ0) is 14.4. The maximum Gasteiger partial charge on any atom is 0.0726 e. The SMILES string of the molecule is CC(C)C1COC(=c2cccc3c2=Cc2ccccc2-3)[N-]1. The van der Waals surface area contributed by atoms with Gasteiger partial charge in [-0.1, -0.05) is 68.3 Å². The number of nitrogens with zero attached hydrogens (tertiary/aromatic N) is 1. The van der Waals surface area contributed by atoms with E-state index in [4.69, 9.17) is 10.1 Å². The molecule has 0 saturated carbocycles. The second kappa shape index (κ2) is 4.66. The summed E-state index contributed by atoms with van der Waals surface area (Å²) >= 11 is 0. The van der Waals surface area contributed by atoms with E-state index >= 15 is 0 Å². The molecule has 21 heavy (non-hydrogen) atoms. The van der Waals surface area contributed by atoms with Gasteiger partial charge in [-0.25, -0.2) is 0 Å². The first kappa shape index (κ1) is 12.5. The van der Waals surface area contributed by atoms with E-state index in [-0.39, 0.29) is 6.04 Å². The highest BCUT2D eigenvalue weighted by Gasteiger charge is 2.15. The minimum Gasteiger partial charge on any atom is -0.648 e. The van der Waals surface area contributed by atoms with Crippen LogP contribution in [0.25, 0.3) is 28.4 Å². The first-order valence-electron chi connectivity index (χ1n) is 7.52. The van der Waals surface area contributed by atoms with Gasteiger partial charge in [0.15, 0.2) is 0 Å². The lowest BCUT2D eigenvalue weighted by Crippen LogP contribution is -2.27. The van der Waals surface area contributed by atoms with Gasteiger partial charge in [0.05, 0.1) is 6.61 Å². The van der Waals surface area contributed by atoms with Crippen molar-refractivity contribution < 1.29 is 4.74 Å². The van der Waals surface area contributed by atoms with Gasteiger partial charge in [-0.3, -0.25) is 0 Å². The van der Waals surface area contributed by atoms with Crippen LogP contribution in [-0.2, 0) is 4.74 Å². The van der Waals surface area contributed by atoms with Crippen LogP contribution in [0.5, 0.6) is 0 Å². The highest BCUT2D eigenvalue weighted by molar-refractivity contribution is 5.83. The van der Waals surface area contributed by atoms with E-state index < -0.39 is 0 Å². The Bertz CT molecular complexity index is 820. The molecule has 2 aliphatic rings. The Morgan fingerprint density at radius 2 is 1.86 bits per heavy atom. The highest BCUT2D eigenvalue weighted by Crippen LogP contribution is 2.28. The van der Waals surface area contributed by atoms with Gasteiger partial charge in [-0.05, 0) is 28.0 Å². The summed E-state index contributed by atoms with van der Waals surface area (Å²) in [6, 6.07) is 15.2. The van der Waals surface area contributed by atoms with Gasteiger partial charge in [0, 0.05) is 11.1 Å². The summed E-state index contributed by atoms with van der Waals surface area (Å²) in [6.45, 7) is 5.08. The highest BCUT2D eigenvalue weighted by atomic mass is 16.5. The molecule has 1 saturated heterocycles. The number of fused-ring (bicyclic) bond motifs is 3. The predicted octanol–water partition coefficient (Wildman–Crippen LogP) is 2.99. The summed E-state index contributed by atoms with van der Waals surface area (Å²) < 4.78 is 5.87. The van der Waals surface area contributed by atoms with Crippen molar-refractivity contribution in [3.63, 3.8) is 0 Å². The van der Waals surface area contributed by atoms with Crippen molar-refractivity contribution in [2.24, 2.45) is 5.92 Å². The van der Waals surface area contributed by atoms with Crippen LogP contribution in [-0.4, -0.2) is 12.6 Å². The van der Waals surface area contributed by atoms with Crippen LogP contribution in [0.1, 0.15) is 19.4 Å². The Kier molecular flexibility index (Phi) is 2.78. The average molecular weight is 276 g/mol. The van der Waals surface area contributed by atoms with E-state index in [1.54, 1.807) is 0 Å². The normalized spacial score (nSPS) is 21.4. The van der Waals surface area contributed by atoms with Gasteiger partial charge in [-0.15, -0.1) is 0 Å². The lowest BCUT2D eigenvalue weighted by molar-refractivity contribution is 0.284. The van der Waals surface area contributed by atoms with Gasteiger partial charge in [0.1, 0.15) is 0 Å². The maximum atomic E-state index is 5.87. The van der Waals surface area contributed by atoms with Crippen molar-refractivity contribution >= 4 is 12.0 Å². The molecule has 0 N–H and O–H groups in total. The first-order valence-corrected chi connectivity index (χ1v) is 7.52. The van der Waals surface area contributed by atoms with E-state index in [1.165, 1.54) is 21.9 Å². The van der Waals surface area contributed by atoms with Crippen LogP contribution >= 0.6 is 0 Å². The zero-order valence-corrected chi connectivity index (χ0v) is 12.3. The molecule has 106 valence electrons. The van der Waals surface area contributed by atoms with Crippen LogP contribution in [0.3, 0.4) is 0 Å². The molecule has 2 heteroatoms. The van der Waals surface area contributed by atoms with Gasteiger partial charge < -0.3 is 10.1 Å². The molecule has 2 nitrogen and oxygen atoms in total. The van der Waals surface area contributed by atoms with Gasteiger partial charge in [-0.2, -0.15) is 0 Å². The molecule has 1 unspecified atom stereocenters. The van der Waals surface area contributed by atoms with Crippen LogP contribution in [0.2, 0.25) is 0 Å². The van der Waals surface area contributed by atoms with Crippen molar-refractivity contribution in [2.75, 3.05) is 6.61 Å². The number of hydrogen-bond donors (Lipinski definition) is 0. The third-order valence-electron chi connectivity index (χ3n) is 4.33. The minimum absolute atomic E-state index is 0.277. The number of ether oxygens (including phenoxy) is 1. The molecule has 0 bridgehead atoms. The van der Waals surface area contributed by atoms with Gasteiger partial charge in [0.2, 0.25) is 0 Å². The summed E-state index contributed by atoms with van der Waals surface area (Å²) in [5.41, 5.74) is 3.86. The Morgan fingerprint density at radius 1 is 1.05 bits per heavy atom. The molecule has 4 rings (SSSR count). The Morgan fingerprint density at radius 3 is 2.67 bits per heavy atom. The topological polar surface area (TPSA) is 23.3 Å². The fourth-order valence-corrected chi connectivity index (χ4v) is 3.04. The lowest BCUT2D eigenvalue weighted by Gasteiger charge is -2.24. The molecule has 2 aromatic rings. The molecular weight excluding hydrogens is 258 g/mol. The summed E-state index contributed by atoms with van der Waals surface area (Å²) in [4.78, 5) is 0. The number of hydrogen-bond acceptors (Lipinski definition) is 1. The minimum atomic E-state index is 0.277. The molecule has 0 radical (unpaired) electrons. The Hall–Kier alpha value is -2.22. The monoisotopic (exact) mass is 276 g/mol. The standard InChI is InChI=1S/C19H18NO/c1-12(2)18-11-21-19(20-18)16-9-5-8-15-14-7-4-3-6-13(14)10-17(15)16/h3-10,12,18H,11H2,1-2H3/q-1. The second-order valence-electron chi connectivity index (χ2n) is 6.06. The van der Waals surface area contributed by atoms with Crippen LogP contribution in [0, 0.1) is 5.92 Å². The van der Waals surface area contributed by atoms with Crippen molar-refractivity contribution in [1.29, 1.82) is 0 Å². The molecule has 0 amide bonds. The van der Waals surface area contributed by atoms with Crippen molar-refractivity contribution in [3.8, 4) is 11.1 Å². The third kappa shape index (κ3) is 1.94. The van der Waals surface area contributed by atoms with Crippen molar-refractivity contribution in [3.05, 3.63) is 63.8 Å². The number of benzene rings is 2. The van der Waals surface area contributed by atoms with Gasteiger partial charge in [0.25, 0.3) is 0 Å². The average Bonchev–Trinajstić information content (AvgIpc) is 3.11. The maximum absolute atomic E-state index is 5.87. The van der Waals surface area contributed by atoms with Crippen LogP contribution < -0.4 is 10.4 Å². The molecule has 1 fully saturated rings. The summed E-state index contributed by atoms with van der Waals surface area (Å²) in [5, 5.41) is 7.13. The fraction of sp³-hybridized carbons (Fsp3) is 0.263. The van der Waals surface area contributed by atoms with E-state index in [0.29, 0.717) is 12.5 Å². The zero-order valence-electron chi connectivity index (χ0n) is 12.3. The third-order valence-corrected chi connectivity index (χ3v) is 4.33. The van der Waals surface area contributed by atoms with Crippen molar-refractivity contribution in [1.82, 2.24) is 0 Å². The summed E-state index contributed by atoms with van der Waals surface area (Å²) in [6.07, 6.45) is 2.24. The first-order chi connectivity index (χ1) is 10.2. The molecule has 1 aliphatic carbocycles. The molecule has 2 aromatic carbocycles. The van der Waals surface area contributed by atoms with E-state index in [0.717, 1.165) is 11.1 Å². The second-order valence-corrected chi connectivity index (χ2v) is 6.06. The smallest absolute Gasteiger partial charge is 0.0726 e. The molecule has 1 heterocycles. The molecule has 1 atom stereocenters. The molecular formula is C19H18NO-. The van der Waals surface area contributed by atoms with Crippen LogP contribution in [0.4, 0.5) is 0 Å². The fourth-order valence-electron chi connectivity index (χ4n) is 3.04. The Balaban J connectivity index is 1.91. The largest absolute Gasteiger partial charge is 0.648 e. The van der Waals surface area contributed by atoms with E-state index in [2.05, 4.69) is 62.4 Å². The van der Waals surface area contributed by atoms with E-state index in [1.807, 2.05) is 0 Å². The van der Waals surface area contributed by atoms with Crippen LogP contribution in [0.15, 0.2) is 42.5 Å². The van der Waals surface area contributed by atoms with Gasteiger partial charge >= 0.3 is 0 Å². The molecule has 0 spiro atoms. The van der Waals surface area contributed by atoms with Crippen molar-refractivity contribution in [2.45, 2.75) is 19.9 Å². The predicted molar refractivity (Wildman–Crippen MR) is 86.0 cm³/mol. The number of rotatable bonds is 1. The summed E-state index contributed by atoms with van der Waals surface area (Å²) in [7, 11) is 0. The summed E-state index contributed by atoms with van der Waals surface area (Å²) in [5.74, 6) is 1.31.